The molecule has 0 aliphatic heterocycles. The normalized spacial score (nSPS) is 10.8. The molecule has 0 unspecified atom stereocenters. The predicted octanol–water partition coefficient (Wildman–Crippen LogP) is 3.39. The Balaban J connectivity index is 1.98. The zero-order valence-corrected chi connectivity index (χ0v) is 14.0. The van der Waals surface area contributed by atoms with Crippen LogP contribution in [0.15, 0.2) is 53.6 Å². The third kappa shape index (κ3) is 5.72. The number of nitrogens with one attached hydrogen (secondary N) is 1. The highest BCUT2D eigenvalue weighted by atomic mass is 16.6. The Labute approximate surface area is 145 Å². The van der Waals surface area contributed by atoms with Crippen molar-refractivity contribution in [2.45, 2.75) is 13.8 Å². The Hall–Kier alpha value is -3.22. The number of nitro groups is 1. The van der Waals surface area contributed by atoms with E-state index in [1.54, 1.807) is 0 Å². The first kappa shape index (κ1) is 18.1. The van der Waals surface area contributed by atoms with Gasteiger partial charge in [-0.15, -0.1) is 0 Å². The molecule has 0 radical (unpaired) electrons. The van der Waals surface area contributed by atoms with E-state index in [1.165, 1.54) is 30.5 Å². The molecule has 130 valence electrons. The Morgan fingerprint density at radius 2 is 2.04 bits per heavy atom. The lowest BCUT2D eigenvalue weighted by Gasteiger charge is -2.08. The molecule has 0 fully saturated rings. The fourth-order valence-electron chi connectivity index (χ4n) is 1.94. The zero-order valence-electron chi connectivity index (χ0n) is 14.0. The van der Waals surface area contributed by atoms with Gasteiger partial charge in [0, 0.05) is 17.7 Å². The Morgan fingerprint density at radius 1 is 1.28 bits per heavy atom. The number of hydrogen-bond donors (Lipinski definition) is 1. The summed E-state index contributed by atoms with van der Waals surface area (Å²) in [5, 5.41) is 14.6. The molecule has 0 atom stereocenters. The van der Waals surface area contributed by atoms with E-state index in [4.69, 9.17) is 4.74 Å². The van der Waals surface area contributed by atoms with Gasteiger partial charge in [-0.2, -0.15) is 5.10 Å². The van der Waals surface area contributed by atoms with Crippen LogP contribution >= 0.6 is 0 Å². The summed E-state index contributed by atoms with van der Waals surface area (Å²) in [5.74, 6) is 0.626. The highest BCUT2D eigenvalue weighted by Gasteiger charge is 2.10. The van der Waals surface area contributed by atoms with Gasteiger partial charge in [-0.3, -0.25) is 14.9 Å². The first-order valence-corrected chi connectivity index (χ1v) is 7.76. The van der Waals surface area contributed by atoms with E-state index in [2.05, 4.69) is 24.4 Å². The van der Waals surface area contributed by atoms with Crippen LogP contribution in [0.1, 0.15) is 29.8 Å². The molecule has 0 bridgehead atoms. The maximum atomic E-state index is 12.0. The maximum Gasteiger partial charge on any atom is 0.271 e. The summed E-state index contributed by atoms with van der Waals surface area (Å²) in [6, 6.07) is 12.8. The van der Waals surface area contributed by atoms with Crippen molar-refractivity contribution in [2.75, 3.05) is 6.61 Å². The van der Waals surface area contributed by atoms with E-state index >= 15 is 0 Å². The molecule has 0 spiro atoms. The van der Waals surface area contributed by atoms with Gasteiger partial charge >= 0.3 is 0 Å². The van der Waals surface area contributed by atoms with E-state index in [9.17, 15) is 14.9 Å². The van der Waals surface area contributed by atoms with Crippen LogP contribution in [0.2, 0.25) is 0 Å². The molecular weight excluding hydrogens is 322 g/mol. The molecule has 25 heavy (non-hydrogen) atoms. The minimum absolute atomic E-state index is 0.147. The average molecular weight is 341 g/mol. The van der Waals surface area contributed by atoms with Crippen LogP contribution in [0.5, 0.6) is 5.75 Å². The fraction of sp³-hybridized carbons (Fsp3) is 0.222. The van der Waals surface area contributed by atoms with E-state index in [1.807, 2.05) is 24.3 Å². The highest BCUT2D eigenvalue weighted by Crippen LogP contribution is 2.14. The minimum Gasteiger partial charge on any atom is -0.493 e. The molecule has 2 aromatic rings. The molecule has 0 saturated carbocycles. The minimum atomic E-state index is -0.553. The molecule has 0 heterocycles. The van der Waals surface area contributed by atoms with Crippen molar-refractivity contribution in [2.24, 2.45) is 11.0 Å². The van der Waals surface area contributed by atoms with Gasteiger partial charge in [-0.1, -0.05) is 32.0 Å². The SMILES string of the molecule is CC(C)COc1cccc(/C=N/NC(=O)c2cccc([N+](=O)[O-])c2)c1. The third-order valence-electron chi connectivity index (χ3n) is 3.14. The van der Waals surface area contributed by atoms with Crippen molar-refractivity contribution in [3.05, 3.63) is 69.8 Å². The van der Waals surface area contributed by atoms with Crippen molar-refractivity contribution < 1.29 is 14.5 Å². The molecule has 0 aliphatic rings. The first-order chi connectivity index (χ1) is 12.0. The number of non-ortho nitro benzene ring substituents is 1. The lowest BCUT2D eigenvalue weighted by atomic mass is 10.2. The van der Waals surface area contributed by atoms with Gasteiger partial charge in [-0.05, 0) is 29.7 Å². The van der Waals surface area contributed by atoms with Crippen LogP contribution in [0.4, 0.5) is 5.69 Å². The smallest absolute Gasteiger partial charge is 0.271 e. The van der Waals surface area contributed by atoms with Gasteiger partial charge in [0.05, 0.1) is 17.7 Å². The molecular formula is C18H19N3O4. The summed E-state index contributed by atoms with van der Waals surface area (Å²) in [5.41, 5.74) is 3.14. The lowest BCUT2D eigenvalue weighted by molar-refractivity contribution is -0.384. The van der Waals surface area contributed by atoms with E-state index in [0.717, 1.165) is 11.3 Å². The second-order valence-corrected chi connectivity index (χ2v) is 5.78. The summed E-state index contributed by atoms with van der Waals surface area (Å²) in [6.07, 6.45) is 1.48. The number of hydrazone groups is 1. The average Bonchev–Trinajstić information content (AvgIpc) is 2.60. The summed E-state index contributed by atoms with van der Waals surface area (Å²) in [7, 11) is 0. The second kappa shape index (κ2) is 8.58. The van der Waals surface area contributed by atoms with Gasteiger partial charge in [0.1, 0.15) is 5.75 Å². The van der Waals surface area contributed by atoms with Crippen LogP contribution in [-0.4, -0.2) is 23.7 Å². The number of rotatable bonds is 7. The summed E-state index contributed by atoms with van der Waals surface area (Å²) in [6.45, 7) is 4.74. The lowest BCUT2D eigenvalue weighted by Crippen LogP contribution is -2.17. The fourth-order valence-corrected chi connectivity index (χ4v) is 1.94. The van der Waals surface area contributed by atoms with Crippen LogP contribution in [0.3, 0.4) is 0 Å². The van der Waals surface area contributed by atoms with Crippen molar-refractivity contribution in [1.29, 1.82) is 0 Å². The first-order valence-electron chi connectivity index (χ1n) is 7.76. The van der Waals surface area contributed by atoms with E-state index < -0.39 is 10.8 Å². The predicted molar refractivity (Wildman–Crippen MR) is 94.9 cm³/mol. The van der Waals surface area contributed by atoms with Crippen molar-refractivity contribution in [1.82, 2.24) is 5.43 Å². The number of carbonyl (C=O) groups is 1. The summed E-state index contributed by atoms with van der Waals surface area (Å²) >= 11 is 0. The van der Waals surface area contributed by atoms with Crippen LogP contribution in [-0.2, 0) is 0 Å². The van der Waals surface area contributed by atoms with E-state index in [0.29, 0.717) is 12.5 Å². The Kier molecular flexibility index (Phi) is 6.22. The van der Waals surface area contributed by atoms with Crippen LogP contribution < -0.4 is 10.2 Å². The van der Waals surface area contributed by atoms with Gasteiger partial charge in [0.25, 0.3) is 11.6 Å². The Bertz CT molecular complexity index is 787. The molecule has 7 heteroatoms. The molecule has 0 aliphatic carbocycles. The molecule has 1 amide bonds. The van der Waals surface area contributed by atoms with Crippen molar-refractivity contribution in [3.8, 4) is 5.75 Å². The molecule has 2 rings (SSSR count). The third-order valence-corrected chi connectivity index (χ3v) is 3.14. The quantitative estimate of drug-likeness (QED) is 0.474. The number of benzene rings is 2. The molecule has 2 aromatic carbocycles. The summed E-state index contributed by atoms with van der Waals surface area (Å²) < 4.78 is 5.63. The maximum absolute atomic E-state index is 12.0. The van der Waals surface area contributed by atoms with Crippen LogP contribution in [0, 0.1) is 16.0 Å². The molecule has 1 N–H and O–H groups in total. The monoisotopic (exact) mass is 341 g/mol. The highest BCUT2D eigenvalue weighted by molar-refractivity contribution is 5.95. The standard InChI is InChI=1S/C18H19N3O4/c1-13(2)12-25-17-8-3-5-14(9-17)11-19-20-18(22)15-6-4-7-16(10-15)21(23)24/h3-11,13H,12H2,1-2H3,(H,20,22)/b19-11+. The van der Waals surface area contributed by atoms with Gasteiger partial charge in [0.2, 0.25) is 0 Å². The largest absolute Gasteiger partial charge is 0.493 e. The number of hydrogen-bond acceptors (Lipinski definition) is 5. The number of carbonyl (C=O) groups excluding carboxylic acids is 1. The zero-order chi connectivity index (χ0) is 18.2. The summed E-state index contributed by atoms with van der Waals surface area (Å²) in [4.78, 5) is 22.2. The van der Waals surface area contributed by atoms with Gasteiger partial charge in [-0.25, -0.2) is 5.43 Å². The van der Waals surface area contributed by atoms with E-state index in [-0.39, 0.29) is 11.3 Å². The molecule has 0 saturated heterocycles. The molecule has 7 nitrogen and oxygen atoms in total. The topological polar surface area (TPSA) is 93.8 Å². The van der Waals surface area contributed by atoms with Gasteiger partial charge < -0.3 is 4.74 Å². The molecule has 0 aromatic heterocycles. The van der Waals surface area contributed by atoms with Crippen molar-refractivity contribution >= 4 is 17.8 Å². The number of nitro benzene ring substituents is 1. The van der Waals surface area contributed by atoms with Crippen LogP contribution in [0.25, 0.3) is 0 Å². The number of amides is 1. The second-order valence-electron chi connectivity index (χ2n) is 5.78. The Morgan fingerprint density at radius 3 is 2.76 bits per heavy atom. The van der Waals surface area contributed by atoms with Gasteiger partial charge in [0.15, 0.2) is 0 Å². The number of nitrogens with zero attached hydrogens (tertiary/aromatic N) is 2. The van der Waals surface area contributed by atoms with Crippen molar-refractivity contribution in [3.63, 3.8) is 0 Å². The number of ether oxygens (including phenoxy) is 1.